The third-order valence-electron chi connectivity index (χ3n) is 4.30. The lowest BCUT2D eigenvalue weighted by atomic mass is 10.0. The summed E-state index contributed by atoms with van der Waals surface area (Å²) in [6.07, 6.45) is 0. The van der Waals surface area contributed by atoms with E-state index in [4.69, 9.17) is 9.26 Å². The monoisotopic (exact) mass is 374 g/mol. The summed E-state index contributed by atoms with van der Waals surface area (Å²) in [4.78, 5) is 24.8. The molecule has 0 atom stereocenters. The summed E-state index contributed by atoms with van der Waals surface area (Å²) in [5.41, 5.74) is 3.36. The molecule has 4 rings (SSSR count). The van der Waals surface area contributed by atoms with Crippen molar-refractivity contribution >= 4 is 0 Å². The number of hydrogen-bond acceptors (Lipinski definition) is 4. The summed E-state index contributed by atoms with van der Waals surface area (Å²) in [5.74, 6) is 0.0176. The zero-order chi connectivity index (χ0) is 19.3. The van der Waals surface area contributed by atoms with Crippen LogP contribution < -0.4 is 16.2 Å². The number of H-pyrrole nitrogens is 1. The topological polar surface area (TPSA) is 77.2 Å². The Morgan fingerprint density at radius 3 is 2.29 bits per heavy atom. The Bertz CT molecular complexity index is 1190. The molecule has 0 unspecified atom stereocenters. The highest BCUT2D eigenvalue weighted by Gasteiger charge is 2.06. The number of aromatic nitrogens is 2. The molecule has 28 heavy (non-hydrogen) atoms. The molecular weight excluding hydrogens is 356 g/mol. The highest BCUT2D eigenvalue weighted by molar-refractivity contribution is 5.65. The van der Waals surface area contributed by atoms with E-state index in [1.165, 1.54) is 0 Å². The van der Waals surface area contributed by atoms with Crippen LogP contribution in [0.25, 0.3) is 11.1 Å². The summed E-state index contributed by atoms with van der Waals surface area (Å²) in [7, 11) is 0. The Kier molecular flexibility index (Phi) is 4.93. The number of rotatable bonds is 6. The average molecular weight is 374 g/mol. The number of benzene rings is 3. The fourth-order valence-corrected chi connectivity index (χ4v) is 2.94. The van der Waals surface area contributed by atoms with Crippen LogP contribution in [0.4, 0.5) is 0 Å². The van der Waals surface area contributed by atoms with Gasteiger partial charge in [-0.05, 0) is 40.5 Å². The first-order valence-electron chi connectivity index (χ1n) is 8.84. The first-order chi connectivity index (χ1) is 13.7. The van der Waals surface area contributed by atoms with Crippen molar-refractivity contribution in [2.24, 2.45) is 0 Å². The minimum absolute atomic E-state index is 0.176. The van der Waals surface area contributed by atoms with Crippen molar-refractivity contribution in [3.8, 4) is 16.9 Å². The SMILES string of the molecule is O=c1[nH]c(=O)n(Cc2cccc(-c3cccc(OCc4ccccc4)c3)c2)o1. The highest BCUT2D eigenvalue weighted by Crippen LogP contribution is 2.25. The molecule has 0 saturated carbocycles. The standard InChI is InChI=1S/C22H18N2O4/c25-21-23-22(26)28-24(21)14-17-8-4-9-18(12-17)19-10-5-11-20(13-19)27-15-16-6-2-1-3-7-16/h1-13H,14-15H2,(H,23,25,26). The fourth-order valence-electron chi connectivity index (χ4n) is 2.94. The summed E-state index contributed by atoms with van der Waals surface area (Å²) >= 11 is 0. The summed E-state index contributed by atoms with van der Waals surface area (Å²) in [5, 5.41) is 0. The predicted octanol–water partition coefficient (Wildman–Crippen LogP) is 3.42. The van der Waals surface area contributed by atoms with Crippen LogP contribution in [0.5, 0.6) is 5.75 Å². The van der Waals surface area contributed by atoms with E-state index < -0.39 is 11.4 Å². The molecule has 0 saturated heterocycles. The van der Waals surface area contributed by atoms with Gasteiger partial charge in [-0.3, -0.25) is 0 Å². The number of nitrogens with one attached hydrogen (secondary N) is 1. The van der Waals surface area contributed by atoms with Gasteiger partial charge in [0.15, 0.2) is 0 Å². The van der Waals surface area contributed by atoms with Crippen molar-refractivity contribution in [2.75, 3.05) is 0 Å². The Morgan fingerprint density at radius 2 is 1.54 bits per heavy atom. The number of aromatic amines is 1. The average Bonchev–Trinajstić information content (AvgIpc) is 3.04. The van der Waals surface area contributed by atoms with Crippen LogP contribution in [0, 0.1) is 0 Å². The second kappa shape index (κ2) is 7.84. The third kappa shape index (κ3) is 4.12. The van der Waals surface area contributed by atoms with Crippen molar-refractivity contribution in [3.05, 3.63) is 111 Å². The maximum Gasteiger partial charge on any atom is 0.440 e. The first-order valence-corrected chi connectivity index (χ1v) is 8.84. The van der Waals surface area contributed by atoms with E-state index in [9.17, 15) is 9.59 Å². The third-order valence-corrected chi connectivity index (χ3v) is 4.30. The van der Waals surface area contributed by atoms with Crippen LogP contribution in [0.3, 0.4) is 0 Å². The van der Waals surface area contributed by atoms with Crippen molar-refractivity contribution in [2.45, 2.75) is 13.2 Å². The molecule has 0 fully saturated rings. The lowest BCUT2D eigenvalue weighted by molar-refractivity contribution is 0.258. The molecule has 0 aliphatic heterocycles. The van der Waals surface area contributed by atoms with Crippen molar-refractivity contribution in [1.82, 2.24) is 9.72 Å². The minimum atomic E-state index is -0.760. The molecular formula is C22H18N2O4. The van der Waals surface area contributed by atoms with E-state index in [1.54, 1.807) is 0 Å². The zero-order valence-electron chi connectivity index (χ0n) is 15.0. The van der Waals surface area contributed by atoms with Crippen LogP contribution >= 0.6 is 0 Å². The minimum Gasteiger partial charge on any atom is -0.489 e. The Morgan fingerprint density at radius 1 is 0.821 bits per heavy atom. The van der Waals surface area contributed by atoms with Gasteiger partial charge in [0.25, 0.3) is 0 Å². The van der Waals surface area contributed by atoms with Gasteiger partial charge in [0, 0.05) is 0 Å². The maximum atomic E-state index is 11.6. The predicted molar refractivity (Wildman–Crippen MR) is 105 cm³/mol. The highest BCUT2D eigenvalue weighted by atomic mass is 16.5. The first kappa shape index (κ1) is 17.6. The molecule has 1 aromatic heterocycles. The quantitative estimate of drug-likeness (QED) is 0.561. The van der Waals surface area contributed by atoms with Gasteiger partial charge in [-0.25, -0.2) is 14.6 Å². The molecule has 1 N–H and O–H groups in total. The molecule has 0 amide bonds. The van der Waals surface area contributed by atoms with Crippen LogP contribution in [0.2, 0.25) is 0 Å². The van der Waals surface area contributed by atoms with Crippen LogP contribution in [-0.4, -0.2) is 9.72 Å². The van der Waals surface area contributed by atoms with E-state index in [1.807, 2.05) is 78.9 Å². The largest absolute Gasteiger partial charge is 0.489 e. The van der Waals surface area contributed by atoms with Gasteiger partial charge in [0.2, 0.25) is 0 Å². The van der Waals surface area contributed by atoms with Gasteiger partial charge in [-0.2, -0.15) is 0 Å². The summed E-state index contributed by atoms with van der Waals surface area (Å²) in [6.45, 7) is 0.676. The number of hydrogen-bond donors (Lipinski definition) is 1. The molecule has 6 nitrogen and oxygen atoms in total. The molecule has 1 heterocycles. The molecule has 0 aliphatic carbocycles. The van der Waals surface area contributed by atoms with E-state index in [0.717, 1.165) is 32.7 Å². The smallest absolute Gasteiger partial charge is 0.440 e. The maximum absolute atomic E-state index is 11.6. The number of nitrogens with zero attached hydrogens (tertiary/aromatic N) is 1. The van der Waals surface area contributed by atoms with Gasteiger partial charge < -0.3 is 9.26 Å². The van der Waals surface area contributed by atoms with Gasteiger partial charge in [0.05, 0.1) is 6.54 Å². The van der Waals surface area contributed by atoms with Crippen molar-refractivity contribution < 1.29 is 9.26 Å². The van der Waals surface area contributed by atoms with E-state index in [2.05, 4.69) is 4.98 Å². The molecule has 0 radical (unpaired) electrons. The van der Waals surface area contributed by atoms with Crippen molar-refractivity contribution in [3.63, 3.8) is 0 Å². The van der Waals surface area contributed by atoms with Gasteiger partial charge in [-0.1, -0.05) is 60.7 Å². The van der Waals surface area contributed by atoms with Crippen molar-refractivity contribution in [1.29, 1.82) is 0 Å². The molecule has 3 aromatic carbocycles. The normalized spacial score (nSPS) is 10.7. The second-order valence-corrected chi connectivity index (χ2v) is 6.35. The molecule has 4 aromatic rings. The van der Waals surface area contributed by atoms with Crippen LogP contribution in [-0.2, 0) is 13.2 Å². The van der Waals surface area contributed by atoms with E-state index in [0.29, 0.717) is 6.61 Å². The van der Waals surface area contributed by atoms with Gasteiger partial charge in [0.1, 0.15) is 12.4 Å². The zero-order valence-corrected chi connectivity index (χ0v) is 15.0. The lowest BCUT2D eigenvalue weighted by Gasteiger charge is -2.09. The molecule has 140 valence electrons. The summed E-state index contributed by atoms with van der Waals surface area (Å²) < 4.78 is 11.7. The Hall–Kier alpha value is -3.80. The van der Waals surface area contributed by atoms with Crippen LogP contribution in [0.15, 0.2) is 93.0 Å². The second-order valence-electron chi connectivity index (χ2n) is 6.35. The Labute approximate surface area is 160 Å². The van der Waals surface area contributed by atoms with E-state index >= 15 is 0 Å². The Balaban J connectivity index is 1.53. The molecule has 0 aliphatic rings. The molecule has 0 spiro atoms. The van der Waals surface area contributed by atoms with Crippen LogP contribution in [0.1, 0.15) is 11.1 Å². The summed E-state index contributed by atoms with van der Waals surface area (Å²) in [6, 6.07) is 25.5. The lowest BCUT2D eigenvalue weighted by Crippen LogP contribution is -2.17. The molecule has 6 heteroatoms. The van der Waals surface area contributed by atoms with Gasteiger partial charge >= 0.3 is 11.4 Å². The fraction of sp³-hybridized carbons (Fsp3) is 0.0909. The number of ether oxygens (including phenoxy) is 1. The van der Waals surface area contributed by atoms with Gasteiger partial charge in [-0.15, -0.1) is 4.74 Å². The molecule has 0 bridgehead atoms. The van der Waals surface area contributed by atoms with E-state index in [-0.39, 0.29) is 6.54 Å².